The lowest BCUT2D eigenvalue weighted by Gasteiger charge is -2.23. The van der Waals surface area contributed by atoms with Gasteiger partial charge in [-0.15, -0.1) is 0 Å². The summed E-state index contributed by atoms with van der Waals surface area (Å²) in [5.74, 6) is 0.689. The van der Waals surface area contributed by atoms with Crippen molar-refractivity contribution in [3.8, 4) is 0 Å². The highest BCUT2D eigenvalue weighted by Crippen LogP contribution is 2.28. The van der Waals surface area contributed by atoms with Crippen molar-refractivity contribution >= 4 is 27.4 Å². The SMILES string of the molecule is O=C(NC1CN2CCC1C2)c1ccn2cc(Br)cc2c1. The summed E-state index contributed by atoms with van der Waals surface area (Å²) in [5.41, 5.74) is 1.77. The van der Waals surface area contributed by atoms with Gasteiger partial charge in [-0.2, -0.15) is 0 Å². The highest BCUT2D eigenvalue weighted by Gasteiger charge is 2.38. The first-order chi connectivity index (χ1) is 9.69. The lowest BCUT2D eigenvalue weighted by molar-refractivity contribution is 0.0924. The smallest absolute Gasteiger partial charge is 0.251 e. The van der Waals surface area contributed by atoms with Crippen molar-refractivity contribution in [1.29, 1.82) is 0 Å². The molecule has 2 aliphatic rings. The zero-order chi connectivity index (χ0) is 13.7. The molecule has 0 aliphatic carbocycles. The number of carbonyl (C=O) groups excluding carboxylic acids is 1. The van der Waals surface area contributed by atoms with E-state index in [9.17, 15) is 4.79 Å². The van der Waals surface area contributed by atoms with Crippen LogP contribution < -0.4 is 5.32 Å². The number of hydrogen-bond donors (Lipinski definition) is 1. The van der Waals surface area contributed by atoms with Crippen molar-refractivity contribution in [3.63, 3.8) is 0 Å². The van der Waals surface area contributed by atoms with E-state index in [2.05, 4.69) is 26.1 Å². The van der Waals surface area contributed by atoms with Crippen LogP contribution in [0.15, 0.2) is 35.1 Å². The monoisotopic (exact) mass is 333 g/mol. The highest BCUT2D eigenvalue weighted by molar-refractivity contribution is 9.10. The van der Waals surface area contributed by atoms with Crippen LogP contribution in [0.25, 0.3) is 5.52 Å². The number of rotatable bonds is 2. The fourth-order valence-corrected chi connectivity index (χ4v) is 3.87. The molecule has 0 spiro atoms. The zero-order valence-corrected chi connectivity index (χ0v) is 12.6. The lowest BCUT2D eigenvalue weighted by Crippen LogP contribution is -2.43. The molecule has 1 N–H and O–H groups in total. The molecule has 0 saturated carbocycles. The van der Waals surface area contributed by atoms with Gasteiger partial charge < -0.3 is 14.6 Å². The standard InChI is InChI=1S/C15H16BrN3O/c16-12-6-13-5-10(2-4-19(13)8-12)15(20)17-14-9-18-3-1-11(14)7-18/h2,4-6,8,11,14H,1,3,7,9H2,(H,17,20). The van der Waals surface area contributed by atoms with Gasteiger partial charge in [-0.1, -0.05) is 0 Å². The van der Waals surface area contributed by atoms with Crippen LogP contribution >= 0.6 is 15.9 Å². The summed E-state index contributed by atoms with van der Waals surface area (Å²) in [6.07, 6.45) is 5.13. The van der Waals surface area contributed by atoms with Crippen LogP contribution in [-0.4, -0.2) is 40.9 Å². The maximum Gasteiger partial charge on any atom is 0.251 e. The Balaban J connectivity index is 1.54. The van der Waals surface area contributed by atoms with Gasteiger partial charge in [-0.05, 0) is 53.0 Å². The van der Waals surface area contributed by atoms with Gasteiger partial charge in [0.25, 0.3) is 5.91 Å². The van der Waals surface area contributed by atoms with E-state index in [1.807, 2.05) is 35.0 Å². The molecule has 2 fully saturated rings. The lowest BCUT2D eigenvalue weighted by atomic mass is 10.00. The maximum atomic E-state index is 12.4. The number of nitrogens with one attached hydrogen (secondary N) is 1. The summed E-state index contributed by atoms with van der Waals surface area (Å²) in [4.78, 5) is 14.8. The Kier molecular flexibility index (Phi) is 2.86. The van der Waals surface area contributed by atoms with Gasteiger partial charge in [0, 0.05) is 47.1 Å². The first-order valence-corrected chi connectivity index (χ1v) is 7.79. The molecule has 2 aromatic rings. The molecule has 20 heavy (non-hydrogen) atoms. The molecule has 4 rings (SSSR count). The Morgan fingerprint density at radius 3 is 3.00 bits per heavy atom. The van der Waals surface area contributed by atoms with Gasteiger partial charge in [0.05, 0.1) is 0 Å². The molecule has 5 heteroatoms. The van der Waals surface area contributed by atoms with E-state index in [0.717, 1.165) is 28.6 Å². The summed E-state index contributed by atoms with van der Waals surface area (Å²) >= 11 is 3.45. The number of halogens is 1. The summed E-state index contributed by atoms with van der Waals surface area (Å²) in [6.45, 7) is 3.35. The number of carbonyl (C=O) groups is 1. The van der Waals surface area contributed by atoms with E-state index in [4.69, 9.17) is 0 Å². The average Bonchev–Trinajstić information content (AvgIpc) is 3.10. The maximum absolute atomic E-state index is 12.4. The Hall–Kier alpha value is -1.33. The quantitative estimate of drug-likeness (QED) is 0.914. The van der Waals surface area contributed by atoms with Crippen molar-refractivity contribution in [2.45, 2.75) is 12.5 Å². The number of piperidine rings is 1. The molecular formula is C15H16BrN3O. The second-order valence-electron chi connectivity index (χ2n) is 5.79. The second kappa shape index (κ2) is 4.60. The molecule has 104 valence electrons. The van der Waals surface area contributed by atoms with Crippen molar-refractivity contribution in [3.05, 3.63) is 40.6 Å². The fraction of sp³-hybridized carbons (Fsp3) is 0.400. The average molecular weight is 334 g/mol. The van der Waals surface area contributed by atoms with Crippen LogP contribution in [0.1, 0.15) is 16.8 Å². The van der Waals surface area contributed by atoms with E-state index in [-0.39, 0.29) is 5.91 Å². The van der Waals surface area contributed by atoms with Gasteiger partial charge in [-0.3, -0.25) is 4.79 Å². The molecule has 2 aliphatic heterocycles. The normalized spacial score (nSPS) is 28.1. The Labute approximate surface area is 125 Å². The minimum Gasteiger partial charge on any atom is -0.348 e. The van der Waals surface area contributed by atoms with Gasteiger partial charge in [0.15, 0.2) is 0 Å². The van der Waals surface area contributed by atoms with E-state index >= 15 is 0 Å². The molecule has 2 bridgehead atoms. The Morgan fingerprint density at radius 2 is 2.25 bits per heavy atom. The molecule has 3 unspecified atom stereocenters. The van der Waals surface area contributed by atoms with Crippen LogP contribution in [0, 0.1) is 5.92 Å². The van der Waals surface area contributed by atoms with Gasteiger partial charge >= 0.3 is 0 Å². The second-order valence-corrected chi connectivity index (χ2v) is 6.71. The van der Waals surface area contributed by atoms with Gasteiger partial charge in [0.1, 0.15) is 0 Å². The number of fused-ring (bicyclic) bond motifs is 3. The van der Waals surface area contributed by atoms with Crippen molar-refractivity contribution in [2.24, 2.45) is 5.92 Å². The summed E-state index contributed by atoms with van der Waals surface area (Å²) < 4.78 is 3.03. The fourth-order valence-electron chi connectivity index (χ4n) is 3.41. The number of aromatic nitrogens is 1. The molecule has 2 aromatic heterocycles. The molecule has 4 heterocycles. The minimum atomic E-state index is 0.0450. The highest BCUT2D eigenvalue weighted by atomic mass is 79.9. The van der Waals surface area contributed by atoms with E-state index in [1.54, 1.807) is 0 Å². The number of amides is 1. The largest absolute Gasteiger partial charge is 0.348 e. The number of pyridine rings is 1. The van der Waals surface area contributed by atoms with E-state index in [0.29, 0.717) is 12.0 Å². The topological polar surface area (TPSA) is 36.8 Å². The predicted molar refractivity (Wildman–Crippen MR) is 80.9 cm³/mol. The molecule has 4 nitrogen and oxygen atoms in total. The number of nitrogens with zero attached hydrogens (tertiary/aromatic N) is 2. The van der Waals surface area contributed by atoms with E-state index < -0.39 is 0 Å². The predicted octanol–water partition coefficient (Wildman–Crippen LogP) is 2.14. The third-order valence-electron chi connectivity index (χ3n) is 4.48. The van der Waals surface area contributed by atoms with E-state index in [1.165, 1.54) is 13.0 Å². The number of hydrogen-bond acceptors (Lipinski definition) is 2. The molecule has 0 aromatic carbocycles. The third kappa shape index (κ3) is 2.05. The van der Waals surface area contributed by atoms with Crippen LogP contribution in [0.4, 0.5) is 0 Å². The molecule has 2 saturated heterocycles. The summed E-state index contributed by atoms with van der Waals surface area (Å²) in [7, 11) is 0. The summed E-state index contributed by atoms with van der Waals surface area (Å²) in [5, 5.41) is 3.20. The summed E-state index contributed by atoms with van der Waals surface area (Å²) in [6, 6.07) is 6.15. The Morgan fingerprint density at radius 1 is 1.35 bits per heavy atom. The zero-order valence-electron chi connectivity index (χ0n) is 11.1. The molecule has 3 atom stereocenters. The first kappa shape index (κ1) is 12.4. The molecular weight excluding hydrogens is 318 g/mol. The van der Waals surface area contributed by atoms with Crippen molar-refractivity contribution < 1.29 is 4.79 Å². The Bertz CT molecular complexity index is 681. The van der Waals surface area contributed by atoms with Crippen LogP contribution in [0.5, 0.6) is 0 Å². The third-order valence-corrected chi connectivity index (χ3v) is 4.91. The van der Waals surface area contributed by atoms with Crippen molar-refractivity contribution in [2.75, 3.05) is 19.6 Å². The first-order valence-electron chi connectivity index (χ1n) is 6.99. The van der Waals surface area contributed by atoms with Crippen LogP contribution in [0.3, 0.4) is 0 Å². The van der Waals surface area contributed by atoms with Crippen LogP contribution in [-0.2, 0) is 0 Å². The molecule has 0 radical (unpaired) electrons. The molecule has 1 amide bonds. The minimum absolute atomic E-state index is 0.0450. The van der Waals surface area contributed by atoms with Gasteiger partial charge in [0.2, 0.25) is 0 Å². The van der Waals surface area contributed by atoms with Crippen molar-refractivity contribution in [1.82, 2.24) is 14.6 Å². The van der Waals surface area contributed by atoms with Crippen LogP contribution in [0.2, 0.25) is 0 Å². The van der Waals surface area contributed by atoms with Gasteiger partial charge in [-0.25, -0.2) is 0 Å².